The number of hydrogen-bond acceptors (Lipinski definition) is 5. The lowest BCUT2D eigenvalue weighted by Gasteiger charge is -2.20. The van der Waals surface area contributed by atoms with Gasteiger partial charge in [-0.1, -0.05) is 0 Å². The van der Waals surface area contributed by atoms with Gasteiger partial charge in [0.15, 0.2) is 0 Å². The summed E-state index contributed by atoms with van der Waals surface area (Å²) < 4.78 is 10.9. The number of hydrogen-bond donors (Lipinski definition) is 1. The van der Waals surface area contributed by atoms with Crippen LogP contribution in [0.25, 0.3) is 0 Å². The van der Waals surface area contributed by atoms with Gasteiger partial charge in [0, 0.05) is 18.7 Å². The number of nitrogens with one attached hydrogen (secondary N) is 1. The van der Waals surface area contributed by atoms with E-state index in [1.165, 1.54) is 18.9 Å². The highest BCUT2D eigenvalue weighted by atomic mass is 16.6. The van der Waals surface area contributed by atoms with Gasteiger partial charge in [-0.3, -0.25) is 10.1 Å². The minimum atomic E-state index is -0.371. The Morgan fingerprint density at radius 1 is 1.40 bits per heavy atom. The summed E-state index contributed by atoms with van der Waals surface area (Å²) in [6, 6.07) is 4.91. The normalized spacial score (nSPS) is 25.4. The third-order valence-electron chi connectivity index (χ3n) is 3.96. The molecular weight excluding hydrogens is 260 g/mol. The van der Waals surface area contributed by atoms with Crippen molar-refractivity contribution in [2.45, 2.75) is 31.4 Å². The maximum Gasteiger partial charge on any atom is 0.292 e. The molecule has 1 heterocycles. The van der Waals surface area contributed by atoms with E-state index in [9.17, 15) is 10.1 Å². The topological polar surface area (TPSA) is 73.6 Å². The van der Waals surface area contributed by atoms with Crippen LogP contribution in [0, 0.1) is 16.0 Å². The Labute approximate surface area is 117 Å². The van der Waals surface area contributed by atoms with Gasteiger partial charge in [0.1, 0.15) is 11.4 Å². The minimum Gasteiger partial charge on any atom is -0.497 e. The molecule has 0 radical (unpaired) electrons. The Bertz CT molecular complexity index is 516. The van der Waals surface area contributed by atoms with E-state index < -0.39 is 0 Å². The summed E-state index contributed by atoms with van der Waals surface area (Å²) in [5.41, 5.74) is 0.586. The van der Waals surface area contributed by atoms with E-state index in [1.54, 1.807) is 19.2 Å². The Morgan fingerprint density at radius 2 is 2.20 bits per heavy atom. The highest BCUT2D eigenvalue weighted by molar-refractivity contribution is 5.64. The molecule has 2 atom stereocenters. The maximum atomic E-state index is 11.1. The zero-order valence-electron chi connectivity index (χ0n) is 11.4. The fourth-order valence-electron chi connectivity index (χ4n) is 2.77. The van der Waals surface area contributed by atoms with E-state index in [-0.39, 0.29) is 22.8 Å². The number of methoxy groups -OCH3 is 1. The van der Waals surface area contributed by atoms with Crippen molar-refractivity contribution < 1.29 is 14.4 Å². The highest BCUT2D eigenvalue weighted by Crippen LogP contribution is 2.40. The molecule has 0 aromatic heterocycles. The Hall–Kier alpha value is -1.82. The summed E-state index contributed by atoms with van der Waals surface area (Å²) in [6.07, 6.45) is 3.46. The smallest absolute Gasteiger partial charge is 0.292 e. The molecule has 1 aliphatic heterocycles. The maximum absolute atomic E-state index is 11.1. The summed E-state index contributed by atoms with van der Waals surface area (Å²) in [5.74, 6) is 1.22. The van der Waals surface area contributed by atoms with Gasteiger partial charge in [-0.15, -0.1) is 0 Å². The minimum absolute atomic E-state index is 0.0762. The molecule has 1 N–H and O–H groups in total. The van der Waals surface area contributed by atoms with Gasteiger partial charge in [-0.25, -0.2) is 0 Å². The number of benzene rings is 1. The third-order valence-corrected chi connectivity index (χ3v) is 3.96. The number of ether oxygens (including phenoxy) is 2. The van der Waals surface area contributed by atoms with Gasteiger partial charge in [-0.05, 0) is 31.2 Å². The standard InChI is InChI=1S/C14H18N2O4/c1-19-10-4-5-13(16(17)18)12(8-10)15-11-6-7-20-14(11)9-2-3-9/h4-5,8-9,11,14-15H,2-3,6-7H2,1H3. The lowest BCUT2D eigenvalue weighted by molar-refractivity contribution is -0.384. The van der Waals surface area contributed by atoms with Crippen molar-refractivity contribution in [2.75, 3.05) is 19.0 Å². The quantitative estimate of drug-likeness (QED) is 0.662. The number of nitro groups is 1. The molecule has 1 aromatic rings. The monoisotopic (exact) mass is 278 g/mol. The molecule has 1 saturated heterocycles. The molecule has 6 heteroatoms. The predicted molar refractivity (Wildman–Crippen MR) is 74.1 cm³/mol. The number of rotatable bonds is 5. The lowest BCUT2D eigenvalue weighted by atomic mass is 10.1. The van der Waals surface area contributed by atoms with Crippen LogP contribution in [0.4, 0.5) is 11.4 Å². The summed E-state index contributed by atoms with van der Waals surface area (Å²) in [7, 11) is 1.55. The van der Waals surface area contributed by atoms with E-state index in [0.717, 1.165) is 13.0 Å². The SMILES string of the molecule is COc1ccc([N+](=O)[O-])c(NC2CCOC2C2CC2)c1. The second-order valence-corrected chi connectivity index (χ2v) is 5.35. The van der Waals surface area contributed by atoms with Crippen LogP contribution in [0.3, 0.4) is 0 Å². The molecule has 1 saturated carbocycles. The first-order valence-electron chi connectivity index (χ1n) is 6.89. The molecule has 1 aromatic carbocycles. The summed E-state index contributed by atoms with van der Waals surface area (Å²) in [6.45, 7) is 0.719. The van der Waals surface area contributed by atoms with Crippen molar-refractivity contribution in [3.05, 3.63) is 28.3 Å². The first-order valence-corrected chi connectivity index (χ1v) is 6.89. The van der Waals surface area contributed by atoms with Crippen molar-refractivity contribution in [2.24, 2.45) is 5.92 Å². The number of nitrogens with zero attached hydrogens (tertiary/aromatic N) is 1. The van der Waals surface area contributed by atoms with Crippen LogP contribution < -0.4 is 10.1 Å². The molecule has 1 aliphatic carbocycles. The lowest BCUT2D eigenvalue weighted by Crippen LogP contribution is -2.31. The van der Waals surface area contributed by atoms with Gasteiger partial charge >= 0.3 is 0 Å². The van der Waals surface area contributed by atoms with E-state index in [4.69, 9.17) is 9.47 Å². The van der Waals surface area contributed by atoms with Crippen LogP contribution in [0.2, 0.25) is 0 Å². The average Bonchev–Trinajstić information content (AvgIpc) is 3.19. The molecule has 6 nitrogen and oxygen atoms in total. The fourth-order valence-corrected chi connectivity index (χ4v) is 2.77. The zero-order valence-corrected chi connectivity index (χ0v) is 11.4. The van der Waals surface area contributed by atoms with Gasteiger partial charge in [0.25, 0.3) is 5.69 Å². The first kappa shape index (κ1) is 13.2. The molecule has 108 valence electrons. The zero-order chi connectivity index (χ0) is 14.1. The first-order chi connectivity index (χ1) is 9.69. The van der Waals surface area contributed by atoms with Gasteiger partial charge in [0.2, 0.25) is 0 Å². The molecular formula is C14H18N2O4. The van der Waals surface area contributed by atoms with Gasteiger partial charge in [-0.2, -0.15) is 0 Å². The van der Waals surface area contributed by atoms with Crippen molar-refractivity contribution in [1.29, 1.82) is 0 Å². The molecule has 0 spiro atoms. The largest absolute Gasteiger partial charge is 0.497 e. The summed E-state index contributed by atoms with van der Waals surface area (Å²) in [5, 5.41) is 14.4. The average molecular weight is 278 g/mol. The predicted octanol–water partition coefficient (Wildman–Crippen LogP) is 2.58. The highest BCUT2D eigenvalue weighted by Gasteiger charge is 2.41. The molecule has 20 heavy (non-hydrogen) atoms. The Morgan fingerprint density at radius 3 is 2.85 bits per heavy atom. The number of nitro benzene ring substituents is 1. The third kappa shape index (κ3) is 2.56. The molecule has 3 rings (SSSR count). The fraction of sp³-hybridized carbons (Fsp3) is 0.571. The van der Waals surface area contributed by atoms with Crippen LogP contribution in [0.5, 0.6) is 5.75 Å². The van der Waals surface area contributed by atoms with E-state index in [0.29, 0.717) is 17.4 Å². The molecule has 0 amide bonds. The second kappa shape index (κ2) is 5.28. The van der Waals surface area contributed by atoms with Crippen LogP contribution in [0.15, 0.2) is 18.2 Å². The summed E-state index contributed by atoms with van der Waals surface area (Å²) in [4.78, 5) is 10.7. The Balaban J connectivity index is 1.82. The van der Waals surface area contributed by atoms with Crippen molar-refractivity contribution in [3.63, 3.8) is 0 Å². The van der Waals surface area contributed by atoms with Crippen LogP contribution in [0.1, 0.15) is 19.3 Å². The van der Waals surface area contributed by atoms with Crippen molar-refractivity contribution in [1.82, 2.24) is 0 Å². The molecule has 0 bridgehead atoms. The van der Waals surface area contributed by atoms with Gasteiger partial charge in [0.05, 0.1) is 24.2 Å². The molecule has 2 fully saturated rings. The van der Waals surface area contributed by atoms with Crippen molar-refractivity contribution >= 4 is 11.4 Å². The molecule has 2 aliphatic rings. The van der Waals surface area contributed by atoms with E-state index >= 15 is 0 Å². The number of anilines is 1. The molecule has 2 unspecified atom stereocenters. The van der Waals surface area contributed by atoms with Crippen LogP contribution >= 0.6 is 0 Å². The van der Waals surface area contributed by atoms with E-state index in [2.05, 4.69) is 5.32 Å². The Kier molecular flexibility index (Phi) is 3.48. The summed E-state index contributed by atoms with van der Waals surface area (Å²) >= 11 is 0. The second-order valence-electron chi connectivity index (χ2n) is 5.35. The van der Waals surface area contributed by atoms with E-state index in [1.807, 2.05) is 0 Å². The van der Waals surface area contributed by atoms with Gasteiger partial charge < -0.3 is 14.8 Å². The van der Waals surface area contributed by atoms with Crippen LogP contribution in [-0.4, -0.2) is 30.8 Å². The van der Waals surface area contributed by atoms with Crippen molar-refractivity contribution in [3.8, 4) is 5.75 Å². The van der Waals surface area contributed by atoms with Crippen LogP contribution in [-0.2, 0) is 4.74 Å².